The number of ether oxygens (including phenoxy) is 1. The van der Waals surface area contributed by atoms with E-state index in [1.54, 1.807) is 12.1 Å². The molecule has 3 rings (SSSR count). The second kappa shape index (κ2) is 6.97. The zero-order chi connectivity index (χ0) is 18.0. The first-order valence-corrected chi connectivity index (χ1v) is 8.29. The highest BCUT2D eigenvalue weighted by molar-refractivity contribution is 5.78. The molecule has 0 fully saturated rings. The molecule has 0 unspecified atom stereocenters. The van der Waals surface area contributed by atoms with Gasteiger partial charge < -0.3 is 9.15 Å². The van der Waals surface area contributed by atoms with Crippen molar-refractivity contribution in [2.45, 2.75) is 33.7 Å². The van der Waals surface area contributed by atoms with E-state index in [9.17, 15) is 9.59 Å². The fraction of sp³-hybridized carbons (Fsp3) is 0.300. The van der Waals surface area contributed by atoms with Crippen LogP contribution < -0.4 is 16.1 Å². The summed E-state index contributed by atoms with van der Waals surface area (Å²) in [6.07, 6.45) is 0.629. The molecular formula is C20H21NO4. The Hall–Kier alpha value is -2.82. The maximum absolute atomic E-state index is 12.0. The molecular weight excluding hydrogens is 318 g/mol. The Morgan fingerprint density at radius 3 is 2.40 bits per heavy atom. The number of hydrogen-bond acceptors (Lipinski definition) is 4. The van der Waals surface area contributed by atoms with Crippen LogP contribution >= 0.6 is 0 Å². The number of nitrogens with zero attached hydrogens (tertiary/aromatic N) is 1. The van der Waals surface area contributed by atoms with E-state index in [0.717, 1.165) is 22.4 Å². The van der Waals surface area contributed by atoms with Gasteiger partial charge in [-0.25, -0.2) is 9.59 Å². The Labute approximate surface area is 145 Å². The molecule has 1 aromatic heterocycles. The van der Waals surface area contributed by atoms with Crippen molar-refractivity contribution in [2.75, 3.05) is 6.61 Å². The molecule has 25 heavy (non-hydrogen) atoms. The fourth-order valence-electron chi connectivity index (χ4n) is 2.98. The van der Waals surface area contributed by atoms with Crippen LogP contribution in [0.25, 0.3) is 10.9 Å². The van der Waals surface area contributed by atoms with Gasteiger partial charge in [-0.2, -0.15) is 0 Å². The maximum Gasteiger partial charge on any atom is 0.422 e. The first-order chi connectivity index (χ1) is 11.9. The van der Waals surface area contributed by atoms with Crippen LogP contribution in [0.15, 0.2) is 50.4 Å². The summed E-state index contributed by atoms with van der Waals surface area (Å²) >= 11 is 0. The summed E-state index contributed by atoms with van der Waals surface area (Å²) in [6.45, 7) is 6.85. The first-order valence-electron chi connectivity index (χ1n) is 8.29. The fourth-order valence-corrected chi connectivity index (χ4v) is 2.98. The predicted octanol–water partition coefficient (Wildman–Crippen LogP) is 3.35. The highest BCUT2D eigenvalue weighted by atomic mass is 16.5. The van der Waals surface area contributed by atoms with Crippen molar-refractivity contribution in [3.63, 3.8) is 0 Å². The Bertz CT molecular complexity index is 1010. The second-order valence-electron chi connectivity index (χ2n) is 6.35. The van der Waals surface area contributed by atoms with Crippen molar-refractivity contribution in [3.8, 4) is 5.75 Å². The Balaban J connectivity index is 1.75. The number of aromatic nitrogens is 1. The van der Waals surface area contributed by atoms with Gasteiger partial charge in [0.25, 0.3) is 0 Å². The molecule has 0 radical (unpaired) electrons. The van der Waals surface area contributed by atoms with E-state index < -0.39 is 11.4 Å². The lowest BCUT2D eigenvalue weighted by Crippen LogP contribution is -2.25. The molecule has 0 aliphatic rings. The largest absolute Gasteiger partial charge is 0.494 e. The van der Waals surface area contributed by atoms with Gasteiger partial charge in [0.1, 0.15) is 5.75 Å². The minimum atomic E-state index is -0.632. The van der Waals surface area contributed by atoms with Crippen LogP contribution in [0.2, 0.25) is 0 Å². The van der Waals surface area contributed by atoms with Crippen molar-refractivity contribution in [1.82, 2.24) is 4.57 Å². The lowest BCUT2D eigenvalue weighted by Gasteiger charge is -2.11. The third-order valence-corrected chi connectivity index (χ3v) is 4.05. The van der Waals surface area contributed by atoms with Crippen molar-refractivity contribution >= 4 is 10.9 Å². The van der Waals surface area contributed by atoms with E-state index in [-0.39, 0.29) is 0 Å². The smallest absolute Gasteiger partial charge is 0.422 e. The quantitative estimate of drug-likeness (QED) is 0.669. The van der Waals surface area contributed by atoms with Crippen LogP contribution in [0, 0.1) is 20.8 Å². The Kier molecular flexibility index (Phi) is 4.74. The van der Waals surface area contributed by atoms with Gasteiger partial charge in [0.2, 0.25) is 0 Å². The number of aryl methyl sites for hydroxylation is 4. The molecule has 5 heteroatoms. The van der Waals surface area contributed by atoms with E-state index in [2.05, 4.69) is 6.07 Å². The summed E-state index contributed by atoms with van der Waals surface area (Å²) < 4.78 is 12.1. The summed E-state index contributed by atoms with van der Waals surface area (Å²) in [5.41, 5.74) is 3.25. The van der Waals surface area contributed by atoms with E-state index in [1.807, 2.05) is 39.0 Å². The molecule has 0 spiro atoms. The van der Waals surface area contributed by atoms with Crippen LogP contribution in [-0.2, 0) is 6.54 Å². The summed E-state index contributed by atoms with van der Waals surface area (Å²) in [6, 6.07) is 11.5. The average Bonchev–Trinajstić information content (AvgIpc) is 2.53. The Morgan fingerprint density at radius 2 is 1.68 bits per heavy atom. The number of benzene rings is 2. The topological polar surface area (TPSA) is 61.4 Å². The van der Waals surface area contributed by atoms with Crippen molar-refractivity contribution < 1.29 is 9.15 Å². The van der Waals surface area contributed by atoms with Gasteiger partial charge in [-0.3, -0.25) is 4.57 Å². The van der Waals surface area contributed by atoms with Crippen molar-refractivity contribution in [3.05, 3.63) is 74.1 Å². The monoisotopic (exact) mass is 339 g/mol. The predicted molar refractivity (Wildman–Crippen MR) is 97.5 cm³/mol. The third kappa shape index (κ3) is 3.82. The molecule has 3 aromatic rings. The molecule has 130 valence electrons. The maximum atomic E-state index is 12.0. The molecule has 0 amide bonds. The molecule has 0 bridgehead atoms. The summed E-state index contributed by atoms with van der Waals surface area (Å²) in [5.74, 6) is 0.192. The van der Waals surface area contributed by atoms with E-state index >= 15 is 0 Å². The SMILES string of the molecule is Cc1cc(C)cc(OCCCn2c(=O)oc(=O)c3cc(C)ccc32)c1. The van der Waals surface area contributed by atoms with Crippen molar-refractivity contribution in [1.29, 1.82) is 0 Å². The summed E-state index contributed by atoms with van der Waals surface area (Å²) in [5, 5.41) is 0.426. The lowest BCUT2D eigenvalue weighted by atomic mass is 10.1. The summed E-state index contributed by atoms with van der Waals surface area (Å²) in [7, 11) is 0. The van der Waals surface area contributed by atoms with Crippen LogP contribution in [0.3, 0.4) is 0 Å². The van der Waals surface area contributed by atoms with Gasteiger partial charge in [-0.15, -0.1) is 0 Å². The average molecular weight is 339 g/mol. The minimum Gasteiger partial charge on any atom is -0.494 e. The van der Waals surface area contributed by atoms with E-state index in [0.29, 0.717) is 30.5 Å². The highest BCUT2D eigenvalue weighted by Crippen LogP contribution is 2.16. The standard InChI is InChI=1S/C20H21NO4/c1-13-5-6-18-17(12-13)19(22)25-20(23)21(18)7-4-8-24-16-10-14(2)9-15(3)11-16/h5-6,9-12H,4,7-8H2,1-3H3. The second-order valence-corrected chi connectivity index (χ2v) is 6.35. The molecule has 5 nitrogen and oxygen atoms in total. The highest BCUT2D eigenvalue weighted by Gasteiger charge is 2.09. The molecule has 1 heterocycles. The number of rotatable bonds is 5. The van der Waals surface area contributed by atoms with Crippen LogP contribution in [-0.4, -0.2) is 11.2 Å². The van der Waals surface area contributed by atoms with E-state index in [4.69, 9.17) is 9.15 Å². The van der Waals surface area contributed by atoms with Gasteiger partial charge in [0.05, 0.1) is 17.5 Å². The van der Waals surface area contributed by atoms with Gasteiger partial charge in [0.15, 0.2) is 0 Å². The van der Waals surface area contributed by atoms with Crippen molar-refractivity contribution in [2.24, 2.45) is 0 Å². The normalized spacial score (nSPS) is 11.0. The third-order valence-electron chi connectivity index (χ3n) is 4.05. The molecule has 0 aliphatic heterocycles. The zero-order valence-electron chi connectivity index (χ0n) is 14.7. The van der Waals surface area contributed by atoms with Gasteiger partial charge in [0, 0.05) is 6.54 Å². The number of hydrogen-bond donors (Lipinski definition) is 0. The molecule has 2 aromatic carbocycles. The number of fused-ring (bicyclic) bond motifs is 1. The van der Waals surface area contributed by atoms with Crippen LogP contribution in [0.1, 0.15) is 23.1 Å². The molecule has 0 aliphatic carbocycles. The lowest BCUT2D eigenvalue weighted by molar-refractivity contribution is 0.296. The first kappa shape index (κ1) is 17.0. The van der Waals surface area contributed by atoms with Crippen LogP contribution in [0.4, 0.5) is 0 Å². The summed E-state index contributed by atoms with van der Waals surface area (Å²) in [4.78, 5) is 23.9. The molecule has 0 saturated carbocycles. The van der Waals surface area contributed by atoms with Gasteiger partial charge in [-0.1, -0.05) is 17.7 Å². The zero-order valence-corrected chi connectivity index (χ0v) is 14.7. The van der Waals surface area contributed by atoms with Gasteiger partial charge >= 0.3 is 11.4 Å². The van der Waals surface area contributed by atoms with Gasteiger partial charge in [-0.05, 0) is 62.6 Å². The molecule has 0 N–H and O–H groups in total. The minimum absolute atomic E-state index is 0.424. The van der Waals surface area contributed by atoms with Crippen LogP contribution in [0.5, 0.6) is 5.75 Å². The molecule has 0 atom stereocenters. The molecule has 0 saturated heterocycles. The van der Waals surface area contributed by atoms with E-state index in [1.165, 1.54) is 4.57 Å². The Morgan fingerprint density at radius 1 is 0.960 bits per heavy atom.